The van der Waals surface area contributed by atoms with Crippen LogP contribution in [0.2, 0.25) is 0 Å². The molecule has 0 aromatic heterocycles. The number of hydrogen-bond donors (Lipinski definition) is 2. The van der Waals surface area contributed by atoms with Crippen LogP contribution in [0, 0.1) is 0 Å². The molecule has 0 aliphatic heterocycles. The molecule has 0 amide bonds. The Kier molecular flexibility index (Phi) is 6.15. The van der Waals surface area contributed by atoms with Crippen LogP contribution < -0.4 is 10.4 Å². The lowest BCUT2D eigenvalue weighted by Gasteiger charge is -2.28. The summed E-state index contributed by atoms with van der Waals surface area (Å²) in [6.45, 7) is 4.59. The minimum atomic E-state index is -1.49. The van der Waals surface area contributed by atoms with E-state index in [-0.39, 0.29) is 5.41 Å². The summed E-state index contributed by atoms with van der Waals surface area (Å²) >= 11 is 0. The summed E-state index contributed by atoms with van der Waals surface area (Å²) in [6, 6.07) is 31.5. The molecule has 3 nitrogen and oxygen atoms in total. The Morgan fingerprint density at radius 1 is 0.711 bits per heavy atom. The van der Waals surface area contributed by atoms with E-state index in [1.54, 1.807) is 12.1 Å². The van der Waals surface area contributed by atoms with Gasteiger partial charge in [-0.05, 0) is 81.7 Å². The lowest BCUT2D eigenvalue weighted by atomic mass is 9.80. The van der Waals surface area contributed by atoms with Gasteiger partial charge >= 0.3 is 7.12 Å². The third-order valence-electron chi connectivity index (χ3n) is 7.73. The fourth-order valence-electron chi connectivity index (χ4n) is 5.67. The maximum atomic E-state index is 9.64. The van der Waals surface area contributed by atoms with Gasteiger partial charge in [-0.25, -0.2) is 0 Å². The maximum absolute atomic E-state index is 9.64. The highest BCUT2D eigenvalue weighted by molar-refractivity contribution is 6.58. The Labute approximate surface area is 224 Å². The smallest absolute Gasteiger partial charge is 0.423 e. The molecule has 0 radical (unpaired) electrons. The van der Waals surface area contributed by atoms with Crippen LogP contribution in [0.5, 0.6) is 0 Å². The van der Waals surface area contributed by atoms with Gasteiger partial charge in [0.2, 0.25) is 0 Å². The molecule has 0 bridgehead atoms. The van der Waals surface area contributed by atoms with Gasteiger partial charge in [-0.2, -0.15) is 0 Å². The molecule has 2 N–H and O–H groups in total. The molecule has 4 aromatic rings. The predicted molar refractivity (Wildman–Crippen MR) is 159 cm³/mol. The minimum Gasteiger partial charge on any atom is -0.423 e. The molecule has 6 rings (SSSR count). The van der Waals surface area contributed by atoms with Gasteiger partial charge < -0.3 is 14.9 Å². The van der Waals surface area contributed by atoms with Crippen molar-refractivity contribution in [1.29, 1.82) is 0 Å². The van der Waals surface area contributed by atoms with E-state index in [9.17, 15) is 10.0 Å². The standard InChI is InChI=1S/C34H30BNO2/c1-34(2)32-12-8-7-11-30(32)31-22-21-29(23-33(31)34)36(28-19-15-26(16-20-28)35(37)38)27-17-13-25(14-18-27)24-9-5-3-4-6-10-24/h3-5,7-23,37-38H,6H2,1-2H3. The molecule has 4 heteroatoms. The van der Waals surface area contributed by atoms with Gasteiger partial charge in [-0.15, -0.1) is 0 Å². The molecule has 0 spiro atoms. The van der Waals surface area contributed by atoms with Crippen LogP contribution in [0.4, 0.5) is 17.1 Å². The second-order valence-corrected chi connectivity index (χ2v) is 10.4. The highest BCUT2D eigenvalue weighted by Gasteiger charge is 2.35. The van der Waals surface area contributed by atoms with Crippen LogP contribution in [0.25, 0.3) is 16.7 Å². The van der Waals surface area contributed by atoms with Crippen molar-refractivity contribution < 1.29 is 10.0 Å². The van der Waals surface area contributed by atoms with Crippen LogP contribution in [0.15, 0.2) is 121 Å². The van der Waals surface area contributed by atoms with E-state index in [1.807, 2.05) is 12.1 Å². The molecular weight excluding hydrogens is 465 g/mol. The molecule has 0 heterocycles. The lowest BCUT2D eigenvalue weighted by molar-refractivity contribution is 0.426. The molecule has 0 fully saturated rings. The Bertz CT molecular complexity index is 1580. The second kappa shape index (κ2) is 9.64. The molecule has 0 atom stereocenters. The van der Waals surface area contributed by atoms with E-state index < -0.39 is 7.12 Å². The Hall–Kier alpha value is -4.12. The zero-order valence-electron chi connectivity index (χ0n) is 21.7. The molecular formula is C34H30BNO2. The van der Waals surface area contributed by atoms with Crippen molar-refractivity contribution in [2.45, 2.75) is 25.7 Å². The van der Waals surface area contributed by atoms with Crippen LogP contribution in [0.3, 0.4) is 0 Å². The average molecular weight is 495 g/mol. The van der Waals surface area contributed by atoms with Crippen molar-refractivity contribution in [3.05, 3.63) is 138 Å². The first-order chi connectivity index (χ1) is 18.4. The van der Waals surface area contributed by atoms with Crippen molar-refractivity contribution in [2.24, 2.45) is 0 Å². The Morgan fingerprint density at radius 3 is 2.11 bits per heavy atom. The topological polar surface area (TPSA) is 43.7 Å². The number of hydrogen-bond acceptors (Lipinski definition) is 3. The molecule has 2 aliphatic carbocycles. The van der Waals surface area contributed by atoms with Gasteiger partial charge in [0.15, 0.2) is 0 Å². The lowest BCUT2D eigenvalue weighted by Crippen LogP contribution is -2.29. The highest BCUT2D eigenvalue weighted by atomic mass is 16.4. The van der Waals surface area contributed by atoms with Crippen LogP contribution in [-0.4, -0.2) is 17.2 Å². The number of nitrogens with zero attached hydrogens (tertiary/aromatic N) is 1. The van der Waals surface area contributed by atoms with E-state index in [4.69, 9.17) is 0 Å². The SMILES string of the molecule is CC1(C)c2ccccc2-c2ccc(N(c3ccc(B(O)O)cc3)c3ccc(C4=CCC=CC=C4)cc3)cc21. The summed E-state index contributed by atoms with van der Waals surface area (Å²) in [4.78, 5) is 2.23. The minimum absolute atomic E-state index is 0.103. The van der Waals surface area contributed by atoms with Crippen molar-refractivity contribution in [1.82, 2.24) is 0 Å². The fraction of sp³-hybridized carbons (Fsp3) is 0.118. The predicted octanol–water partition coefficient (Wildman–Crippen LogP) is 7.04. The van der Waals surface area contributed by atoms with E-state index in [1.165, 1.54) is 33.4 Å². The van der Waals surface area contributed by atoms with Crippen LogP contribution in [0.1, 0.15) is 37.0 Å². The molecule has 0 saturated heterocycles. The first kappa shape index (κ1) is 24.2. The third kappa shape index (κ3) is 4.22. The van der Waals surface area contributed by atoms with Gasteiger partial charge in [0.1, 0.15) is 0 Å². The van der Waals surface area contributed by atoms with E-state index in [0.717, 1.165) is 23.5 Å². The quantitative estimate of drug-likeness (QED) is 0.292. The van der Waals surface area contributed by atoms with E-state index in [2.05, 4.69) is 116 Å². The van der Waals surface area contributed by atoms with Gasteiger partial charge in [-0.3, -0.25) is 0 Å². The number of allylic oxidation sites excluding steroid dienone is 6. The summed E-state index contributed by atoms with van der Waals surface area (Å²) in [6.07, 6.45) is 11.6. The number of anilines is 3. The maximum Gasteiger partial charge on any atom is 0.488 e. The zero-order valence-corrected chi connectivity index (χ0v) is 21.7. The molecule has 38 heavy (non-hydrogen) atoms. The number of rotatable bonds is 5. The Balaban J connectivity index is 1.45. The van der Waals surface area contributed by atoms with Crippen molar-refractivity contribution in [2.75, 3.05) is 4.90 Å². The highest BCUT2D eigenvalue weighted by Crippen LogP contribution is 2.50. The fourth-order valence-corrected chi connectivity index (χ4v) is 5.67. The summed E-state index contributed by atoms with van der Waals surface area (Å²) in [5, 5.41) is 19.3. The first-order valence-electron chi connectivity index (χ1n) is 13.1. The summed E-state index contributed by atoms with van der Waals surface area (Å²) in [5.41, 5.74) is 11.1. The van der Waals surface area contributed by atoms with Crippen molar-refractivity contribution >= 4 is 35.2 Å². The van der Waals surface area contributed by atoms with Gasteiger partial charge in [0, 0.05) is 22.5 Å². The van der Waals surface area contributed by atoms with Crippen molar-refractivity contribution in [3.63, 3.8) is 0 Å². The van der Waals surface area contributed by atoms with Gasteiger partial charge in [0.25, 0.3) is 0 Å². The second-order valence-electron chi connectivity index (χ2n) is 10.4. The molecule has 0 unspecified atom stereocenters. The first-order valence-corrected chi connectivity index (χ1v) is 13.1. The number of fused-ring (bicyclic) bond motifs is 3. The van der Waals surface area contributed by atoms with Crippen LogP contribution >= 0.6 is 0 Å². The zero-order chi connectivity index (χ0) is 26.3. The Morgan fingerprint density at radius 2 is 1.37 bits per heavy atom. The van der Waals surface area contributed by atoms with Gasteiger partial charge in [-0.1, -0.05) is 98.8 Å². The third-order valence-corrected chi connectivity index (χ3v) is 7.73. The van der Waals surface area contributed by atoms with E-state index >= 15 is 0 Å². The van der Waals surface area contributed by atoms with Crippen LogP contribution in [-0.2, 0) is 5.41 Å². The molecule has 186 valence electrons. The van der Waals surface area contributed by atoms with Crippen molar-refractivity contribution in [3.8, 4) is 11.1 Å². The summed E-state index contributed by atoms with van der Waals surface area (Å²) < 4.78 is 0. The van der Waals surface area contributed by atoms with E-state index in [0.29, 0.717) is 5.46 Å². The largest absolute Gasteiger partial charge is 0.488 e. The molecule has 4 aromatic carbocycles. The molecule has 0 saturated carbocycles. The average Bonchev–Trinajstić information content (AvgIpc) is 3.10. The summed E-state index contributed by atoms with van der Waals surface area (Å²) in [7, 11) is -1.49. The summed E-state index contributed by atoms with van der Waals surface area (Å²) in [5.74, 6) is 0. The van der Waals surface area contributed by atoms with Gasteiger partial charge in [0.05, 0.1) is 0 Å². The monoisotopic (exact) mass is 495 g/mol. The molecule has 2 aliphatic rings. The number of benzene rings is 4. The normalized spacial score (nSPS) is 14.9.